The first-order chi connectivity index (χ1) is 23.7. The molecule has 2 aromatic carbocycles. The Bertz CT molecular complexity index is 2050. The fourth-order valence-corrected chi connectivity index (χ4v) is 6.01. The van der Waals surface area contributed by atoms with Crippen molar-refractivity contribution in [2.24, 2.45) is 16.1 Å². The first kappa shape index (κ1) is 34.5. The SMILES string of the molecule is C=C(C(C)(C)C)[C@]1(c2ccc(-c3cnn(C(F)F)c3)cc2)N=C(N)N([C@H](COC(=O)NC2CC2)c2ccc(Cl)c(-c3nccc(=O)[nH]3)c2)C1=O. The van der Waals surface area contributed by atoms with E-state index in [9.17, 15) is 18.4 Å². The number of ether oxygens (including phenoxy) is 1. The van der Waals surface area contributed by atoms with E-state index in [1.54, 1.807) is 42.5 Å². The van der Waals surface area contributed by atoms with Gasteiger partial charge in [-0.05, 0) is 52.7 Å². The highest BCUT2D eigenvalue weighted by Crippen LogP contribution is 2.48. The van der Waals surface area contributed by atoms with Crippen LogP contribution in [-0.4, -0.2) is 55.3 Å². The Kier molecular flexibility index (Phi) is 9.08. The Morgan fingerprint density at radius 1 is 1.16 bits per heavy atom. The van der Waals surface area contributed by atoms with E-state index >= 15 is 4.79 Å². The van der Waals surface area contributed by atoms with Crippen LogP contribution < -0.4 is 16.6 Å². The lowest BCUT2D eigenvalue weighted by atomic mass is 9.71. The van der Waals surface area contributed by atoms with Crippen molar-refractivity contribution in [3.05, 3.63) is 106 Å². The fraction of sp³-hybridized carbons (Fsp3) is 0.314. The Labute approximate surface area is 291 Å². The van der Waals surface area contributed by atoms with Crippen molar-refractivity contribution in [3.63, 3.8) is 0 Å². The van der Waals surface area contributed by atoms with E-state index < -0.39 is 41.1 Å². The minimum absolute atomic E-state index is 0.0274. The number of guanidine groups is 1. The molecule has 0 radical (unpaired) electrons. The van der Waals surface area contributed by atoms with Crippen LogP contribution >= 0.6 is 11.6 Å². The summed E-state index contributed by atoms with van der Waals surface area (Å²) < 4.78 is 32.6. The molecule has 260 valence electrons. The molecule has 4 N–H and O–H groups in total. The number of alkyl halides is 2. The zero-order valence-corrected chi connectivity index (χ0v) is 28.2. The monoisotopic (exact) mass is 704 g/mol. The Morgan fingerprint density at radius 3 is 2.50 bits per heavy atom. The number of nitrogens with zero attached hydrogens (tertiary/aromatic N) is 5. The molecular formula is C35H35ClF2N8O4. The molecule has 1 aliphatic heterocycles. The van der Waals surface area contributed by atoms with Crippen LogP contribution in [0.4, 0.5) is 13.6 Å². The molecule has 6 rings (SSSR count). The lowest BCUT2D eigenvalue weighted by Gasteiger charge is -2.37. The van der Waals surface area contributed by atoms with Crippen LogP contribution in [0.25, 0.3) is 22.5 Å². The Morgan fingerprint density at radius 2 is 1.88 bits per heavy atom. The summed E-state index contributed by atoms with van der Waals surface area (Å²) in [4.78, 5) is 52.8. The average molecular weight is 705 g/mol. The lowest BCUT2D eigenvalue weighted by molar-refractivity contribution is -0.133. The molecule has 0 unspecified atom stereocenters. The molecule has 1 fully saturated rings. The van der Waals surface area contributed by atoms with Gasteiger partial charge in [0, 0.05) is 35.6 Å². The van der Waals surface area contributed by atoms with Gasteiger partial charge in [0.2, 0.25) is 5.96 Å². The molecule has 15 heteroatoms. The van der Waals surface area contributed by atoms with Crippen LogP contribution in [-0.2, 0) is 15.1 Å². The largest absolute Gasteiger partial charge is 0.447 e. The number of aromatic amines is 1. The summed E-state index contributed by atoms with van der Waals surface area (Å²) in [6, 6.07) is 11.9. The molecule has 2 aromatic heterocycles. The molecule has 2 aliphatic rings. The highest BCUT2D eigenvalue weighted by molar-refractivity contribution is 6.33. The number of benzene rings is 2. The highest BCUT2D eigenvalue weighted by Gasteiger charge is 2.55. The van der Waals surface area contributed by atoms with Crippen LogP contribution in [0, 0.1) is 5.41 Å². The molecule has 3 heterocycles. The number of nitrogens with two attached hydrogens (primary N) is 1. The van der Waals surface area contributed by atoms with Gasteiger partial charge in [0.25, 0.3) is 11.5 Å². The number of hydrogen-bond acceptors (Lipinski definition) is 8. The maximum atomic E-state index is 15.0. The van der Waals surface area contributed by atoms with Gasteiger partial charge in [-0.15, -0.1) is 0 Å². The number of H-pyrrole nitrogens is 1. The second-order valence-corrected chi connectivity index (χ2v) is 13.6. The molecule has 0 bridgehead atoms. The van der Waals surface area contributed by atoms with Crippen LogP contribution in [0.3, 0.4) is 0 Å². The summed E-state index contributed by atoms with van der Waals surface area (Å²) >= 11 is 6.55. The van der Waals surface area contributed by atoms with Gasteiger partial charge in [0.1, 0.15) is 12.4 Å². The third-order valence-corrected chi connectivity index (χ3v) is 9.05. The normalized spacial score (nSPS) is 18.3. The van der Waals surface area contributed by atoms with E-state index in [1.165, 1.54) is 29.6 Å². The standard InChI is InChI=1S/C35H35ClF2N8O4/c1-19(34(2,3)4)35(23-8-5-20(6-9-23)22-16-41-45(17-22)31(37)38)30(48)46(32(39)44-35)27(18-50-33(49)42-24-10-11-24)21-7-12-26(36)25(15-21)29-40-14-13-28(47)43-29/h5-9,12-17,24,27,31H,1,10-11,18H2,2-4H3,(H2,39,44)(H,42,49)(H,40,43,47)/t27-,35-/m1/s1. The van der Waals surface area contributed by atoms with Crippen molar-refractivity contribution >= 4 is 29.6 Å². The maximum absolute atomic E-state index is 15.0. The van der Waals surface area contributed by atoms with Gasteiger partial charge in [-0.2, -0.15) is 13.9 Å². The van der Waals surface area contributed by atoms with Crippen LogP contribution in [0.2, 0.25) is 5.02 Å². The number of nitrogens with one attached hydrogen (secondary N) is 2. The number of amides is 2. The topological polar surface area (TPSA) is 161 Å². The lowest BCUT2D eigenvalue weighted by Crippen LogP contribution is -2.48. The average Bonchev–Trinajstić information content (AvgIpc) is 3.66. The predicted octanol–water partition coefficient (Wildman–Crippen LogP) is 5.93. The quantitative estimate of drug-likeness (QED) is 0.172. The maximum Gasteiger partial charge on any atom is 0.407 e. The van der Waals surface area contributed by atoms with Gasteiger partial charge in [-0.3, -0.25) is 14.5 Å². The minimum Gasteiger partial charge on any atom is -0.447 e. The Balaban J connectivity index is 1.43. The van der Waals surface area contributed by atoms with E-state index in [0.29, 0.717) is 38.1 Å². The third-order valence-electron chi connectivity index (χ3n) is 8.72. The van der Waals surface area contributed by atoms with Crippen molar-refractivity contribution < 1.29 is 23.1 Å². The van der Waals surface area contributed by atoms with Crippen molar-refractivity contribution in [1.29, 1.82) is 0 Å². The molecule has 0 saturated heterocycles. The second kappa shape index (κ2) is 13.2. The van der Waals surface area contributed by atoms with Gasteiger partial charge >= 0.3 is 12.6 Å². The highest BCUT2D eigenvalue weighted by atomic mass is 35.5. The number of halogens is 3. The van der Waals surface area contributed by atoms with Crippen LogP contribution in [0.15, 0.2) is 89.1 Å². The zero-order valence-electron chi connectivity index (χ0n) is 27.5. The molecule has 2 amide bonds. The number of rotatable bonds is 10. The summed E-state index contributed by atoms with van der Waals surface area (Å²) in [6.07, 6.45) is 4.94. The molecule has 1 saturated carbocycles. The summed E-state index contributed by atoms with van der Waals surface area (Å²) in [6.45, 7) is 6.92. The molecule has 4 aromatic rings. The zero-order chi connectivity index (χ0) is 36.0. The molecule has 2 atom stereocenters. The smallest absolute Gasteiger partial charge is 0.407 e. The van der Waals surface area contributed by atoms with Crippen LogP contribution in [0.1, 0.15) is 57.3 Å². The summed E-state index contributed by atoms with van der Waals surface area (Å²) in [5, 5.41) is 6.76. The van der Waals surface area contributed by atoms with Crippen molar-refractivity contribution in [2.75, 3.05) is 6.61 Å². The Hall–Kier alpha value is -5.37. The third kappa shape index (κ3) is 6.62. The van der Waals surface area contributed by atoms with Gasteiger partial charge in [-0.1, -0.05) is 69.3 Å². The second-order valence-electron chi connectivity index (χ2n) is 13.2. The van der Waals surface area contributed by atoms with E-state index in [4.69, 9.17) is 27.1 Å². The summed E-state index contributed by atoms with van der Waals surface area (Å²) in [5.74, 6) is -0.506. The van der Waals surface area contributed by atoms with Crippen LogP contribution in [0.5, 0.6) is 0 Å². The van der Waals surface area contributed by atoms with Gasteiger partial charge < -0.3 is 20.8 Å². The molecule has 1 aliphatic carbocycles. The number of carbonyl (C=O) groups is 2. The first-order valence-electron chi connectivity index (χ1n) is 15.8. The number of hydrogen-bond donors (Lipinski definition) is 3. The van der Waals surface area contributed by atoms with E-state index in [-0.39, 0.29) is 29.5 Å². The minimum atomic E-state index is -2.79. The van der Waals surface area contributed by atoms with E-state index in [0.717, 1.165) is 12.8 Å². The molecule has 0 spiro atoms. The molecule has 12 nitrogen and oxygen atoms in total. The fourth-order valence-electron chi connectivity index (χ4n) is 5.80. The van der Waals surface area contributed by atoms with Gasteiger partial charge in [0.05, 0.1) is 17.3 Å². The summed E-state index contributed by atoms with van der Waals surface area (Å²) in [7, 11) is 0. The number of aromatic nitrogens is 4. The van der Waals surface area contributed by atoms with Gasteiger partial charge in [0.15, 0.2) is 5.54 Å². The first-order valence-corrected chi connectivity index (χ1v) is 16.2. The predicted molar refractivity (Wildman–Crippen MR) is 183 cm³/mol. The van der Waals surface area contributed by atoms with Crippen molar-refractivity contribution in [3.8, 4) is 22.5 Å². The van der Waals surface area contributed by atoms with E-state index in [2.05, 4.69) is 27.0 Å². The van der Waals surface area contributed by atoms with Crippen molar-refractivity contribution in [2.45, 2.75) is 57.8 Å². The number of alkyl carbamates (subject to hydrolysis) is 1. The number of carbonyl (C=O) groups excluding carboxylic acids is 2. The van der Waals surface area contributed by atoms with E-state index in [1.807, 2.05) is 20.8 Å². The summed E-state index contributed by atoms with van der Waals surface area (Å²) in [5.41, 5.74) is 6.64. The van der Waals surface area contributed by atoms with Crippen molar-refractivity contribution in [1.82, 2.24) is 30.0 Å². The number of aliphatic imine (C=N–C) groups is 1. The van der Waals surface area contributed by atoms with Gasteiger partial charge in [-0.25, -0.2) is 19.5 Å². The molecule has 50 heavy (non-hydrogen) atoms. The molecular weight excluding hydrogens is 670 g/mol.